The van der Waals surface area contributed by atoms with Gasteiger partial charge in [-0.2, -0.15) is 0 Å². The lowest BCUT2D eigenvalue weighted by Gasteiger charge is -2.30. The van der Waals surface area contributed by atoms with Crippen molar-refractivity contribution in [3.05, 3.63) is 70.2 Å². The van der Waals surface area contributed by atoms with E-state index in [2.05, 4.69) is 4.98 Å². The van der Waals surface area contributed by atoms with E-state index in [1.54, 1.807) is 20.8 Å². The summed E-state index contributed by atoms with van der Waals surface area (Å²) in [6.07, 6.45) is 0.724. The first-order chi connectivity index (χ1) is 15.8. The largest absolute Gasteiger partial charge is 0.476 e. The number of ether oxygens (including phenoxy) is 2. The molecule has 1 aliphatic heterocycles. The third kappa shape index (κ3) is 4.93. The molecule has 1 aromatic heterocycles. The van der Waals surface area contributed by atoms with E-state index >= 15 is 0 Å². The number of esters is 1. The van der Waals surface area contributed by atoms with Crippen LogP contribution in [0, 0.1) is 6.92 Å². The first kappa shape index (κ1) is 23.0. The standard InChI is InChI=1S/C26H28N2O4S/c1-5-31-25(30)26(3,4)32-21-12-11-20-16-28(14-13-19(20)15-21)24(29)22-17(2)27-23(33-22)18-9-7-6-8-10-18/h6-12,15H,5,13-14,16H2,1-4H3. The summed E-state index contributed by atoms with van der Waals surface area (Å²) >= 11 is 1.44. The van der Waals surface area contributed by atoms with Crippen molar-refractivity contribution >= 4 is 23.2 Å². The van der Waals surface area contributed by atoms with Crippen LogP contribution in [0.1, 0.15) is 47.3 Å². The van der Waals surface area contributed by atoms with Crippen molar-refractivity contribution in [3.63, 3.8) is 0 Å². The van der Waals surface area contributed by atoms with Gasteiger partial charge in [0.1, 0.15) is 15.6 Å². The molecule has 0 saturated carbocycles. The average Bonchev–Trinajstić information content (AvgIpc) is 3.20. The molecule has 3 aromatic rings. The average molecular weight is 465 g/mol. The lowest BCUT2D eigenvalue weighted by molar-refractivity contribution is -0.158. The molecule has 0 bridgehead atoms. The minimum Gasteiger partial charge on any atom is -0.476 e. The molecule has 0 N–H and O–H groups in total. The number of aryl methyl sites for hydroxylation is 1. The zero-order valence-electron chi connectivity index (χ0n) is 19.4. The smallest absolute Gasteiger partial charge is 0.349 e. The molecule has 0 spiro atoms. The van der Waals surface area contributed by atoms with Crippen LogP contribution in [-0.2, 0) is 22.5 Å². The second-order valence-corrected chi connectivity index (χ2v) is 9.54. The summed E-state index contributed by atoms with van der Waals surface area (Å²) in [5.74, 6) is 0.244. The highest BCUT2D eigenvalue weighted by molar-refractivity contribution is 7.17. The minimum absolute atomic E-state index is 0.0154. The quantitative estimate of drug-likeness (QED) is 0.478. The van der Waals surface area contributed by atoms with Crippen LogP contribution in [0.2, 0.25) is 0 Å². The van der Waals surface area contributed by atoms with Gasteiger partial charge in [-0.15, -0.1) is 11.3 Å². The van der Waals surface area contributed by atoms with Gasteiger partial charge in [-0.25, -0.2) is 9.78 Å². The summed E-state index contributed by atoms with van der Waals surface area (Å²) in [5, 5.41) is 0.861. The molecule has 2 heterocycles. The molecule has 0 radical (unpaired) electrons. The molecule has 0 unspecified atom stereocenters. The Kier molecular flexibility index (Phi) is 6.51. The number of carbonyl (C=O) groups is 2. The first-order valence-electron chi connectivity index (χ1n) is 11.1. The Bertz CT molecular complexity index is 1170. The third-order valence-electron chi connectivity index (χ3n) is 5.63. The summed E-state index contributed by atoms with van der Waals surface area (Å²) in [6, 6.07) is 15.7. The number of benzene rings is 2. The van der Waals surface area contributed by atoms with Crippen molar-refractivity contribution in [2.24, 2.45) is 0 Å². The van der Waals surface area contributed by atoms with Crippen molar-refractivity contribution in [2.75, 3.05) is 13.2 Å². The monoisotopic (exact) mass is 464 g/mol. The molecule has 0 saturated heterocycles. The van der Waals surface area contributed by atoms with E-state index in [4.69, 9.17) is 9.47 Å². The molecule has 4 rings (SSSR count). The van der Waals surface area contributed by atoms with Crippen molar-refractivity contribution in [2.45, 2.75) is 46.3 Å². The summed E-state index contributed by atoms with van der Waals surface area (Å²) in [6.45, 7) is 8.53. The minimum atomic E-state index is -1.07. The molecule has 0 fully saturated rings. The van der Waals surface area contributed by atoms with E-state index in [0.717, 1.165) is 33.8 Å². The number of fused-ring (bicyclic) bond motifs is 1. The summed E-state index contributed by atoms with van der Waals surface area (Å²) < 4.78 is 11.0. The van der Waals surface area contributed by atoms with Crippen LogP contribution in [0.3, 0.4) is 0 Å². The summed E-state index contributed by atoms with van der Waals surface area (Å²) in [4.78, 5) is 32.6. The van der Waals surface area contributed by atoms with Crippen LogP contribution in [0.5, 0.6) is 5.75 Å². The fraction of sp³-hybridized carbons (Fsp3) is 0.346. The lowest BCUT2D eigenvalue weighted by Crippen LogP contribution is -2.40. The molecule has 2 aromatic carbocycles. The molecular weight excluding hydrogens is 436 g/mol. The van der Waals surface area contributed by atoms with Gasteiger partial charge in [0, 0.05) is 18.7 Å². The Morgan fingerprint density at radius 1 is 1.12 bits per heavy atom. The van der Waals surface area contributed by atoms with Crippen LogP contribution < -0.4 is 4.74 Å². The maximum absolute atomic E-state index is 13.3. The SMILES string of the molecule is CCOC(=O)C(C)(C)Oc1ccc2c(c1)CCN(C(=O)c1sc(-c3ccccc3)nc1C)C2. The van der Waals surface area contributed by atoms with E-state index in [-0.39, 0.29) is 5.91 Å². The van der Waals surface area contributed by atoms with E-state index in [1.165, 1.54) is 11.3 Å². The Morgan fingerprint density at radius 3 is 2.61 bits per heavy atom. The highest BCUT2D eigenvalue weighted by atomic mass is 32.1. The molecule has 172 valence electrons. The van der Waals surface area contributed by atoms with Crippen molar-refractivity contribution < 1.29 is 19.1 Å². The number of aromatic nitrogens is 1. The molecular formula is C26H28N2O4S. The number of amides is 1. The lowest BCUT2D eigenvalue weighted by atomic mass is 9.99. The van der Waals surface area contributed by atoms with Gasteiger partial charge in [0.25, 0.3) is 5.91 Å². The molecule has 33 heavy (non-hydrogen) atoms. The van der Waals surface area contributed by atoms with Crippen LogP contribution in [0.4, 0.5) is 0 Å². The first-order valence-corrected chi connectivity index (χ1v) is 11.9. The zero-order valence-corrected chi connectivity index (χ0v) is 20.2. The Labute approximate surface area is 198 Å². The van der Waals surface area contributed by atoms with Crippen LogP contribution in [0.25, 0.3) is 10.6 Å². The third-order valence-corrected chi connectivity index (χ3v) is 6.82. The molecule has 0 aliphatic carbocycles. The van der Waals surface area contributed by atoms with E-state index in [1.807, 2.05) is 60.4 Å². The second kappa shape index (κ2) is 9.35. The van der Waals surface area contributed by atoms with Gasteiger partial charge in [-0.1, -0.05) is 36.4 Å². The highest BCUT2D eigenvalue weighted by Gasteiger charge is 2.32. The van der Waals surface area contributed by atoms with E-state index in [9.17, 15) is 9.59 Å². The Morgan fingerprint density at radius 2 is 1.88 bits per heavy atom. The van der Waals surface area contributed by atoms with Crippen LogP contribution in [0.15, 0.2) is 48.5 Å². The van der Waals surface area contributed by atoms with Gasteiger partial charge in [-0.3, -0.25) is 4.79 Å². The van der Waals surface area contributed by atoms with Crippen molar-refractivity contribution in [1.29, 1.82) is 0 Å². The van der Waals surface area contributed by atoms with Gasteiger partial charge in [0.05, 0.1) is 12.3 Å². The van der Waals surface area contributed by atoms with Gasteiger partial charge in [-0.05, 0) is 57.4 Å². The number of carbonyl (C=O) groups excluding carboxylic acids is 2. The molecule has 6 nitrogen and oxygen atoms in total. The van der Waals surface area contributed by atoms with Crippen molar-refractivity contribution in [3.8, 4) is 16.3 Å². The van der Waals surface area contributed by atoms with Crippen LogP contribution in [-0.4, -0.2) is 40.5 Å². The zero-order chi connectivity index (χ0) is 23.6. The number of hydrogen-bond donors (Lipinski definition) is 0. The maximum atomic E-state index is 13.3. The fourth-order valence-electron chi connectivity index (χ4n) is 3.85. The van der Waals surface area contributed by atoms with Crippen LogP contribution >= 0.6 is 11.3 Å². The Balaban J connectivity index is 1.48. The van der Waals surface area contributed by atoms with Crippen molar-refractivity contribution in [1.82, 2.24) is 9.88 Å². The normalized spacial score (nSPS) is 13.4. The second-order valence-electron chi connectivity index (χ2n) is 8.54. The number of nitrogens with zero attached hydrogens (tertiary/aromatic N) is 2. The van der Waals surface area contributed by atoms with E-state index in [0.29, 0.717) is 30.3 Å². The van der Waals surface area contributed by atoms with Gasteiger partial charge >= 0.3 is 5.97 Å². The Hall–Kier alpha value is -3.19. The molecule has 0 atom stereocenters. The maximum Gasteiger partial charge on any atom is 0.349 e. The predicted molar refractivity (Wildman–Crippen MR) is 129 cm³/mol. The number of rotatable bonds is 6. The van der Waals surface area contributed by atoms with E-state index < -0.39 is 11.6 Å². The summed E-state index contributed by atoms with van der Waals surface area (Å²) in [7, 11) is 0. The van der Waals surface area contributed by atoms with Gasteiger partial charge in [0.2, 0.25) is 0 Å². The number of thiazole rings is 1. The van der Waals surface area contributed by atoms with Gasteiger partial charge in [0.15, 0.2) is 5.60 Å². The molecule has 1 amide bonds. The topological polar surface area (TPSA) is 68.7 Å². The molecule has 7 heteroatoms. The highest BCUT2D eigenvalue weighted by Crippen LogP contribution is 2.31. The van der Waals surface area contributed by atoms with Gasteiger partial charge < -0.3 is 14.4 Å². The molecule has 1 aliphatic rings. The number of hydrogen-bond acceptors (Lipinski definition) is 6. The summed E-state index contributed by atoms with van der Waals surface area (Å²) in [5.41, 5.74) is 2.93. The fourth-order valence-corrected chi connectivity index (χ4v) is 4.89. The predicted octanol–water partition coefficient (Wildman–Crippen LogP) is 5.04.